The van der Waals surface area contributed by atoms with E-state index in [0.717, 1.165) is 18.4 Å². The third-order valence-electron chi connectivity index (χ3n) is 2.84. The molecule has 1 aromatic rings. The fourth-order valence-corrected chi connectivity index (χ4v) is 1.97. The Labute approximate surface area is 106 Å². The van der Waals surface area contributed by atoms with Crippen molar-refractivity contribution in [2.24, 2.45) is 0 Å². The molecular formula is C14H16O4. The number of fused-ring (bicyclic) bond motifs is 1. The third kappa shape index (κ3) is 1.94. The van der Waals surface area contributed by atoms with Crippen LogP contribution in [0.1, 0.15) is 35.7 Å². The van der Waals surface area contributed by atoms with Crippen molar-refractivity contribution in [3.8, 4) is 11.5 Å². The molecule has 0 fully saturated rings. The predicted molar refractivity (Wildman–Crippen MR) is 67.8 cm³/mol. The maximum atomic E-state index is 11.9. The average molecular weight is 248 g/mol. The molecule has 1 aromatic carbocycles. The Morgan fingerprint density at radius 3 is 2.67 bits per heavy atom. The number of allylic oxidation sites excluding steroid dienone is 1. The largest absolute Gasteiger partial charge is 0.493 e. The van der Waals surface area contributed by atoms with E-state index < -0.39 is 0 Å². The first-order chi connectivity index (χ1) is 8.72. The molecule has 2 rings (SSSR count). The van der Waals surface area contributed by atoms with E-state index in [1.54, 1.807) is 13.2 Å². The number of unbranched alkanes of at least 4 members (excludes halogenated alkanes) is 1. The van der Waals surface area contributed by atoms with Crippen molar-refractivity contribution < 1.29 is 19.0 Å². The predicted octanol–water partition coefficient (Wildman–Crippen LogP) is 3.02. The van der Waals surface area contributed by atoms with Crippen LogP contribution >= 0.6 is 0 Å². The van der Waals surface area contributed by atoms with Crippen LogP contribution in [0.4, 0.5) is 0 Å². The van der Waals surface area contributed by atoms with Crippen LogP contribution in [0.2, 0.25) is 0 Å². The molecule has 4 heteroatoms. The van der Waals surface area contributed by atoms with E-state index in [-0.39, 0.29) is 5.97 Å². The molecule has 96 valence electrons. The number of methoxy groups -OCH3 is 2. The lowest BCUT2D eigenvalue weighted by atomic mass is 10.1. The summed E-state index contributed by atoms with van der Waals surface area (Å²) in [6, 6.07) is 3.60. The monoisotopic (exact) mass is 248 g/mol. The van der Waals surface area contributed by atoms with Crippen molar-refractivity contribution in [1.29, 1.82) is 0 Å². The minimum Gasteiger partial charge on any atom is -0.493 e. The van der Waals surface area contributed by atoms with Gasteiger partial charge in [-0.2, -0.15) is 0 Å². The molecule has 4 nitrogen and oxygen atoms in total. The van der Waals surface area contributed by atoms with Gasteiger partial charge >= 0.3 is 5.97 Å². The van der Waals surface area contributed by atoms with Gasteiger partial charge in [-0.15, -0.1) is 0 Å². The van der Waals surface area contributed by atoms with Crippen LogP contribution in [0.15, 0.2) is 18.2 Å². The number of carbonyl (C=O) groups excluding carboxylic acids is 1. The maximum absolute atomic E-state index is 11.9. The summed E-state index contributed by atoms with van der Waals surface area (Å²) >= 11 is 0. The van der Waals surface area contributed by atoms with Crippen LogP contribution in [-0.2, 0) is 4.74 Å². The highest BCUT2D eigenvalue weighted by Gasteiger charge is 2.32. The van der Waals surface area contributed by atoms with Gasteiger partial charge < -0.3 is 14.2 Å². The molecule has 1 aliphatic rings. The topological polar surface area (TPSA) is 44.8 Å². The second-order valence-electron chi connectivity index (χ2n) is 3.97. The van der Waals surface area contributed by atoms with Crippen molar-refractivity contribution in [3.63, 3.8) is 0 Å². The summed E-state index contributed by atoms with van der Waals surface area (Å²) in [4.78, 5) is 11.9. The molecule has 0 radical (unpaired) electrons. The summed E-state index contributed by atoms with van der Waals surface area (Å²) in [5.74, 6) is 1.19. The standard InChI is InChI=1S/C14H16O4/c1-4-5-6-10-9-7-8-11(16-2)13(17-3)12(9)14(15)18-10/h6-8H,4-5H2,1-3H3. The number of esters is 1. The number of ether oxygens (including phenoxy) is 3. The number of hydrogen-bond acceptors (Lipinski definition) is 4. The molecule has 0 N–H and O–H groups in total. The van der Waals surface area contributed by atoms with Crippen LogP contribution in [0.25, 0.3) is 5.76 Å². The first kappa shape index (κ1) is 12.5. The maximum Gasteiger partial charge on any atom is 0.348 e. The van der Waals surface area contributed by atoms with Gasteiger partial charge in [0.05, 0.1) is 14.2 Å². The highest BCUT2D eigenvalue weighted by atomic mass is 16.5. The van der Waals surface area contributed by atoms with Crippen LogP contribution in [0, 0.1) is 0 Å². The molecule has 0 aliphatic carbocycles. The normalized spacial score (nSPS) is 15.5. The lowest BCUT2D eigenvalue weighted by Gasteiger charge is -2.09. The minimum atomic E-state index is -0.386. The summed E-state index contributed by atoms with van der Waals surface area (Å²) in [6.45, 7) is 2.07. The Morgan fingerprint density at radius 2 is 2.06 bits per heavy atom. The molecule has 0 bridgehead atoms. The van der Waals surface area contributed by atoms with Gasteiger partial charge in [-0.1, -0.05) is 13.3 Å². The number of cyclic esters (lactones) is 1. The van der Waals surface area contributed by atoms with E-state index >= 15 is 0 Å². The van der Waals surface area contributed by atoms with Gasteiger partial charge in [-0.3, -0.25) is 0 Å². The highest BCUT2D eigenvalue weighted by Crippen LogP contribution is 2.41. The number of rotatable bonds is 4. The molecule has 18 heavy (non-hydrogen) atoms. The molecule has 0 unspecified atom stereocenters. The van der Waals surface area contributed by atoms with Gasteiger partial charge in [0.2, 0.25) is 0 Å². The van der Waals surface area contributed by atoms with Crippen molar-refractivity contribution in [1.82, 2.24) is 0 Å². The van der Waals surface area contributed by atoms with E-state index in [4.69, 9.17) is 14.2 Å². The fourth-order valence-electron chi connectivity index (χ4n) is 1.97. The fraction of sp³-hybridized carbons (Fsp3) is 0.357. The summed E-state index contributed by atoms with van der Waals surface area (Å²) in [5.41, 5.74) is 1.21. The zero-order valence-electron chi connectivity index (χ0n) is 10.8. The molecule has 1 heterocycles. The first-order valence-electron chi connectivity index (χ1n) is 5.90. The average Bonchev–Trinajstić information content (AvgIpc) is 2.72. The van der Waals surface area contributed by atoms with E-state index in [1.807, 2.05) is 12.1 Å². The highest BCUT2D eigenvalue weighted by molar-refractivity contribution is 6.06. The molecule has 0 saturated heterocycles. The Bertz CT molecular complexity index is 503. The van der Waals surface area contributed by atoms with Crippen LogP contribution in [0.3, 0.4) is 0 Å². The van der Waals surface area contributed by atoms with Crippen LogP contribution in [-0.4, -0.2) is 20.2 Å². The molecule has 0 saturated carbocycles. The number of hydrogen-bond donors (Lipinski definition) is 0. The van der Waals surface area contributed by atoms with Gasteiger partial charge in [0.25, 0.3) is 0 Å². The van der Waals surface area contributed by atoms with E-state index in [2.05, 4.69) is 6.92 Å². The lowest BCUT2D eigenvalue weighted by Crippen LogP contribution is -2.00. The van der Waals surface area contributed by atoms with E-state index in [1.165, 1.54) is 7.11 Å². The Morgan fingerprint density at radius 1 is 1.28 bits per heavy atom. The van der Waals surface area contributed by atoms with Crippen molar-refractivity contribution in [2.45, 2.75) is 19.8 Å². The molecule has 0 aromatic heterocycles. The number of carbonyl (C=O) groups is 1. The van der Waals surface area contributed by atoms with E-state index in [9.17, 15) is 4.79 Å². The van der Waals surface area contributed by atoms with Crippen molar-refractivity contribution in [2.75, 3.05) is 14.2 Å². The van der Waals surface area contributed by atoms with Gasteiger partial charge in [0.1, 0.15) is 11.3 Å². The Balaban J connectivity index is 2.54. The minimum absolute atomic E-state index is 0.386. The van der Waals surface area contributed by atoms with Crippen LogP contribution < -0.4 is 9.47 Å². The lowest BCUT2D eigenvalue weighted by molar-refractivity contribution is 0.0712. The smallest absolute Gasteiger partial charge is 0.348 e. The first-order valence-corrected chi connectivity index (χ1v) is 5.90. The summed E-state index contributed by atoms with van der Waals surface area (Å²) in [7, 11) is 3.05. The van der Waals surface area contributed by atoms with E-state index in [0.29, 0.717) is 22.8 Å². The second kappa shape index (κ2) is 5.12. The zero-order chi connectivity index (χ0) is 13.1. The number of benzene rings is 1. The summed E-state index contributed by atoms with van der Waals surface area (Å²) in [6.07, 6.45) is 3.80. The zero-order valence-corrected chi connectivity index (χ0v) is 10.8. The second-order valence-corrected chi connectivity index (χ2v) is 3.97. The van der Waals surface area contributed by atoms with Crippen molar-refractivity contribution >= 4 is 11.7 Å². The molecule has 0 spiro atoms. The van der Waals surface area contributed by atoms with Gasteiger partial charge in [-0.25, -0.2) is 4.79 Å². The SMILES string of the molecule is CCCC=C1OC(=O)c2c1ccc(OC)c2OC. The Hall–Kier alpha value is -1.97. The molecular weight excluding hydrogens is 232 g/mol. The van der Waals surface area contributed by atoms with Gasteiger partial charge in [0.15, 0.2) is 11.5 Å². The molecule has 0 amide bonds. The Kier molecular flexibility index (Phi) is 3.55. The van der Waals surface area contributed by atoms with Gasteiger partial charge in [-0.05, 0) is 24.6 Å². The van der Waals surface area contributed by atoms with Crippen molar-refractivity contribution in [3.05, 3.63) is 29.3 Å². The van der Waals surface area contributed by atoms with Crippen LogP contribution in [0.5, 0.6) is 11.5 Å². The summed E-state index contributed by atoms with van der Waals surface area (Å²) in [5, 5.41) is 0. The quantitative estimate of drug-likeness (QED) is 0.768. The third-order valence-corrected chi connectivity index (χ3v) is 2.84. The summed E-state index contributed by atoms with van der Waals surface area (Å²) < 4.78 is 15.7. The van der Waals surface area contributed by atoms with Gasteiger partial charge in [0, 0.05) is 5.56 Å². The molecule has 0 atom stereocenters. The molecule has 1 aliphatic heterocycles.